The van der Waals surface area contributed by atoms with Crippen molar-refractivity contribution in [1.82, 2.24) is 4.90 Å². The number of amides is 1. The van der Waals surface area contributed by atoms with E-state index in [-0.39, 0.29) is 17.9 Å². The Morgan fingerprint density at radius 3 is 2.25 bits per heavy atom. The van der Waals surface area contributed by atoms with Gasteiger partial charge in [0.05, 0.1) is 18.7 Å². The number of hydrogen-bond acceptors (Lipinski definition) is 3. The van der Waals surface area contributed by atoms with E-state index >= 15 is 0 Å². The van der Waals surface area contributed by atoms with E-state index in [1.165, 1.54) is 13.2 Å². The second kappa shape index (κ2) is 8.11. The number of nitrogens with zero attached hydrogens (tertiary/aromatic N) is 1. The Bertz CT molecular complexity index is 720. The van der Waals surface area contributed by atoms with Crippen LogP contribution in [0.4, 0.5) is 0 Å². The van der Waals surface area contributed by atoms with Gasteiger partial charge in [0.2, 0.25) is 5.91 Å². The van der Waals surface area contributed by atoms with Crippen molar-refractivity contribution in [2.45, 2.75) is 13.0 Å². The molecular formula is C20H21NO3. The summed E-state index contributed by atoms with van der Waals surface area (Å²) in [5.41, 5.74) is 2.41. The average Bonchev–Trinajstić information content (AvgIpc) is 2.65. The van der Waals surface area contributed by atoms with Crippen molar-refractivity contribution in [2.75, 3.05) is 14.2 Å². The molecule has 124 valence electrons. The lowest BCUT2D eigenvalue weighted by atomic mass is 10.1. The molecule has 0 heterocycles. The number of carbonyl (C=O) groups excluding carboxylic acids is 2. The SMILES string of the molecule is COC(=O)c1ccc(/C=C/C(=O)N(C)C(C)c2ccccc2)cc1. The molecule has 0 aliphatic heterocycles. The van der Waals surface area contributed by atoms with E-state index in [1.54, 1.807) is 42.3 Å². The number of hydrogen-bond donors (Lipinski definition) is 0. The van der Waals surface area contributed by atoms with Crippen molar-refractivity contribution >= 4 is 18.0 Å². The first-order valence-corrected chi connectivity index (χ1v) is 7.71. The van der Waals surface area contributed by atoms with Gasteiger partial charge in [0.25, 0.3) is 0 Å². The number of esters is 1. The first-order chi connectivity index (χ1) is 11.5. The second-order valence-electron chi connectivity index (χ2n) is 5.48. The van der Waals surface area contributed by atoms with Gasteiger partial charge in [-0.1, -0.05) is 42.5 Å². The molecular weight excluding hydrogens is 302 g/mol. The Hall–Kier alpha value is -2.88. The van der Waals surface area contributed by atoms with Crippen LogP contribution in [-0.2, 0) is 9.53 Å². The maximum atomic E-state index is 12.3. The molecule has 4 heteroatoms. The molecule has 1 atom stereocenters. The van der Waals surface area contributed by atoms with Gasteiger partial charge in [-0.15, -0.1) is 0 Å². The van der Waals surface area contributed by atoms with Crippen LogP contribution >= 0.6 is 0 Å². The van der Waals surface area contributed by atoms with Crippen LogP contribution < -0.4 is 0 Å². The zero-order valence-corrected chi connectivity index (χ0v) is 14.1. The summed E-state index contributed by atoms with van der Waals surface area (Å²) in [6.07, 6.45) is 3.27. The molecule has 2 aromatic rings. The molecule has 2 rings (SSSR count). The molecule has 0 aliphatic carbocycles. The van der Waals surface area contributed by atoms with Crippen LogP contribution in [0.15, 0.2) is 60.7 Å². The predicted octanol–water partition coefficient (Wildman–Crippen LogP) is 3.71. The van der Waals surface area contributed by atoms with Crippen LogP contribution in [0.5, 0.6) is 0 Å². The van der Waals surface area contributed by atoms with Crippen LogP contribution in [0.2, 0.25) is 0 Å². The number of likely N-dealkylation sites (N-methyl/N-ethyl adjacent to an activating group) is 1. The standard InChI is InChI=1S/C20H21NO3/c1-15(17-7-5-4-6-8-17)21(2)19(22)14-11-16-9-12-18(13-10-16)20(23)24-3/h4-15H,1-3H3/b14-11+. The summed E-state index contributed by atoms with van der Waals surface area (Å²) < 4.78 is 4.66. The van der Waals surface area contributed by atoms with Crippen molar-refractivity contribution in [3.8, 4) is 0 Å². The quantitative estimate of drug-likeness (QED) is 0.622. The fourth-order valence-corrected chi connectivity index (χ4v) is 2.28. The third-order valence-corrected chi connectivity index (χ3v) is 3.96. The Kier molecular flexibility index (Phi) is 5.90. The topological polar surface area (TPSA) is 46.6 Å². The fourth-order valence-electron chi connectivity index (χ4n) is 2.28. The highest BCUT2D eigenvalue weighted by atomic mass is 16.5. The molecule has 4 nitrogen and oxygen atoms in total. The van der Waals surface area contributed by atoms with Crippen LogP contribution in [0.1, 0.15) is 34.5 Å². The molecule has 1 amide bonds. The normalized spacial score (nSPS) is 12.0. The second-order valence-corrected chi connectivity index (χ2v) is 5.48. The maximum absolute atomic E-state index is 12.3. The lowest BCUT2D eigenvalue weighted by molar-refractivity contribution is -0.126. The summed E-state index contributed by atoms with van der Waals surface area (Å²) >= 11 is 0. The molecule has 0 N–H and O–H groups in total. The molecule has 0 saturated heterocycles. The van der Waals surface area contributed by atoms with Gasteiger partial charge in [-0.25, -0.2) is 4.79 Å². The zero-order valence-electron chi connectivity index (χ0n) is 14.1. The molecule has 0 bridgehead atoms. The number of benzene rings is 2. The van der Waals surface area contributed by atoms with E-state index in [0.717, 1.165) is 11.1 Å². The van der Waals surface area contributed by atoms with Crippen molar-refractivity contribution in [2.24, 2.45) is 0 Å². The van der Waals surface area contributed by atoms with Gasteiger partial charge in [-0.3, -0.25) is 4.79 Å². The fraction of sp³-hybridized carbons (Fsp3) is 0.200. The van der Waals surface area contributed by atoms with Gasteiger partial charge in [-0.2, -0.15) is 0 Å². The largest absolute Gasteiger partial charge is 0.465 e. The lowest BCUT2D eigenvalue weighted by Gasteiger charge is -2.24. The minimum absolute atomic E-state index is 0.00921. The third kappa shape index (κ3) is 4.32. The molecule has 0 aliphatic rings. The van der Waals surface area contributed by atoms with Crippen molar-refractivity contribution < 1.29 is 14.3 Å². The Labute approximate surface area is 142 Å². The number of carbonyl (C=O) groups is 2. The van der Waals surface area contributed by atoms with Crippen molar-refractivity contribution in [3.63, 3.8) is 0 Å². The van der Waals surface area contributed by atoms with E-state index in [9.17, 15) is 9.59 Å². The number of methoxy groups -OCH3 is 1. The van der Waals surface area contributed by atoms with E-state index in [1.807, 2.05) is 37.3 Å². The molecule has 0 radical (unpaired) electrons. The summed E-state index contributed by atoms with van der Waals surface area (Å²) in [6.45, 7) is 1.99. The summed E-state index contributed by atoms with van der Waals surface area (Å²) in [4.78, 5) is 25.4. The Morgan fingerprint density at radius 1 is 1.04 bits per heavy atom. The lowest BCUT2D eigenvalue weighted by Crippen LogP contribution is -2.27. The van der Waals surface area contributed by atoms with Crippen molar-refractivity contribution in [3.05, 3.63) is 77.4 Å². The van der Waals surface area contributed by atoms with Gasteiger partial charge in [0.15, 0.2) is 0 Å². The average molecular weight is 323 g/mol. The summed E-state index contributed by atoms with van der Waals surface area (Å²) in [6, 6.07) is 16.8. The number of ether oxygens (including phenoxy) is 1. The molecule has 1 unspecified atom stereocenters. The molecule has 0 saturated carbocycles. The first-order valence-electron chi connectivity index (χ1n) is 7.71. The summed E-state index contributed by atoms with van der Waals surface area (Å²) in [5, 5.41) is 0. The van der Waals surface area contributed by atoms with E-state index in [4.69, 9.17) is 0 Å². The van der Waals surface area contributed by atoms with Crippen LogP contribution in [0, 0.1) is 0 Å². The zero-order chi connectivity index (χ0) is 17.5. The van der Waals surface area contributed by atoms with Gasteiger partial charge in [-0.05, 0) is 36.3 Å². The Balaban J connectivity index is 2.03. The predicted molar refractivity (Wildman–Crippen MR) is 94.4 cm³/mol. The first kappa shape index (κ1) is 17.5. The van der Waals surface area contributed by atoms with Crippen LogP contribution in [-0.4, -0.2) is 30.9 Å². The molecule has 0 aromatic heterocycles. The highest BCUT2D eigenvalue weighted by molar-refractivity contribution is 5.92. The minimum atomic E-state index is -0.377. The smallest absolute Gasteiger partial charge is 0.337 e. The monoisotopic (exact) mass is 323 g/mol. The van der Waals surface area contributed by atoms with E-state index in [0.29, 0.717) is 5.56 Å². The highest BCUT2D eigenvalue weighted by Gasteiger charge is 2.14. The molecule has 0 fully saturated rings. The number of rotatable bonds is 5. The molecule has 24 heavy (non-hydrogen) atoms. The Morgan fingerprint density at radius 2 is 1.67 bits per heavy atom. The molecule has 2 aromatic carbocycles. The van der Waals surface area contributed by atoms with Crippen LogP contribution in [0.3, 0.4) is 0 Å². The maximum Gasteiger partial charge on any atom is 0.337 e. The highest BCUT2D eigenvalue weighted by Crippen LogP contribution is 2.18. The molecule has 0 spiro atoms. The van der Waals surface area contributed by atoms with Crippen LogP contribution in [0.25, 0.3) is 6.08 Å². The van der Waals surface area contributed by atoms with Gasteiger partial charge < -0.3 is 9.64 Å². The summed E-state index contributed by atoms with van der Waals surface area (Å²) in [5.74, 6) is -0.457. The van der Waals surface area contributed by atoms with E-state index < -0.39 is 0 Å². The van der Waals surface area contributed by atoms with Gasteiger partial charge in [0.1, 0.15) is 0 Å². The van der Waals surface area contributed by atoms with E-state index in [2.05, 4.69) is 4.74 Å². The van der Waals surface area contributed by atoms with Gasteiger partial charge >= 0.3 is 5.97 Å². The summed E-state index contributed by atoms with van der Waals surface area (Å²) in [7, 11) is 3.13. The minimum Gasteiger partial charge on any atom is -0.465 e. The third-order valence-electron chi connectivity index (χ3n) is 3.96. The van der Waals surface area contributed by atoms with Crippen molar-refractivity contribution in [1.29, 1.82) is 0 Å². The van der Waals surface area contributed by atoms with Gasteiger partial charge in [0, 0.05) is 13.1 Å².